The van der Waals surface area contributed by atoms with Crippen molar-refractivity contribution < 1.29 is 4.79 Å². The number of hydrogen-bond donors (Lipinski definition) is 0. The molecular weight excluding hydrogens is 314 g/mol. The van der Waals surface area contributed by atoms with Gasteiger partial charge in [0.05, 0.1) is 5.51 Å². The number of carbonyl (C=O) groups excluding carboxylic acids is 1. The highest BCUT2D eigenvalue weighted by atomic mass is 32.1. The molecule has 116 valence electrons. The highest BCUT2D eigenvalue weighted by molar-refractivity contribution is 7.11. The summed E-state index contributed by atoms with van der Waals surface area (Å²) < 4.78 is 0. The predicted octanol–water partition coefficient (Wildman–Crippen LogP) is 3.00. The van der Waals surface area contributed by atoms with E-state index in [1.807, 2.05) is 16.7 Å². The average molecular weight is 333 g/mol. The van der Waals surface area contributed by atoms with Crippen LogP contribution in [0.25, 0.3) is 0 Å². The molecule has 0 bridgehead atoms. The highest BCUT2D eigenvalue weighted by Crippen LogP contribution is 2.34. The van der Waals surface area contributed by atoms with Crippen molar-refractivity contribution in [3.05, 3.63) is 38.5 Å². The third-order valence-corrected chi connectivity index (χ3v) is 6.33. The maximum atomic E-state index is 12.6. The standard InChI is InChI=1S/C16H19N3OS2/c1-11-2-3-12(22-11)8-18-6-4-15-14(18)5-7-19(15)16(20)13-9-21-10-17-13/h2-3,9-10,14-15H,4-8H2,1H3/t14-,15+/m1/s1. The minimum Gasteiger partial charge on any atom is -0.333 e. The molecule has 6 heteroatoms. The van der Waals surface area contributed by atoms with Crippen molar-refractivity contribution in [2.45, 2.75) is 38.4 Å². The molecule has 0 N–H and O–H groups in total. The molecule has 4 heterocycles. The minimum absolute atomic E-state index is 0.113. The number of thiophene rings is 1. The molecule has 2 aliphatic heterocycles. The molecule has 0 unspecified atom stereocenters. The molecule has 4 nitrogen and oxygen atoms in total. The van der Waals surface area contributed by atoms with Gasteiger partial charge in [-0.3, -0.25) is 9.69 Å². The van der Waals surface area contributed by atoms with Crippen LogP contribution >= 0.6 is 22.7 Å². The van der Waals surface area contributed by atoms with Gasteiger partial charge in [-0.15, -0.1) is 22.7 Å². The third-order valence-electron chi connectivity index (χ3n) is 4.76. The summed E-state index contributed by atoms with van der Waals surface area (Å²) in [6, 6.07) is 5.32. The average Bonchev–Trinajstić information content (AvgIpc) is 3.24. The molecule has 0 spiro atoms. The lowest BCUT2D eigenvalue weighted by atomic mass is 10.1. The summed E-state index contributed by atoms with van der Waals surface area (Å²) in [6.07, 6.45) is 2.18. The van der Waals surface area contributed by atoms with Gasteiger partial charge >= 0.3 is 0 Å². The normalized spacial score (nSPS) is 24.9. The first kappa shape index (κ1) is 14.4. The number of carbonyl (C=O) groups is 1. The summed E-state index contributed by atoms with van der Waals surface area (Å²) in [7, 11) is 0. The fourth-order valence-electron chi connectivity index (χ4n) is 3.76. The lowest BCUT2D eigenvalue weighted by Gasteiger charge is -2.25. The number of nitrogens with zero attached hydrogens (tertiary/aromatic N) is 3. The molecule has 2 fully saturated rings. The van der Waals surface area contributed by atoms with Gasteiger partial charge in [0.25, 0.3) is 5.91 Å². The Kier molecular flexibility index (Phi) is 3.76. The van der Waals surface area contributed by atoms with Crippen molar-refractivity contribution in [1.82, 2.24) is 14.8 Å². The molecule has 4 rings (SSSR count). The van der Waals surface area contributed by atoms with Gasteiger partial charge in [0.15, 0.2) is 0 Å². The highest BCUT2D eigenvalue weighted by Gasteiger charge is 2.44. The fourth-order valence-corrected chi connectivity index (χ4v) is 5.20. The predicted molar refractivity (Wildman–Crippen MR) is 89.4 cm³/mol. The molecule has 0 radical (unpaired) electrons. The van der Waals surface area contributed by atoms with Gasteiger partial charge in [-0.2, -0.15) is 0 Å². The number of hydrogen-bond acceptors (Lipinski definition) is 5. The van der Waals surface area contributed by atoms with Gasteiger partial charge in [-0.1, -0.05) is 0 Å². The summed E-state index contributed by atoms with van der Waals surface area (Å²) in [6.45, 7) is 5.14. The van der Waals surface area contributed by atoms with E-state index in [0.717, 1.165) is 32.5 Å². The zero-order valence-corrected chi connectivity index (χ0v) is 14.2. The van der Waals surface area contributed by atoms with E-state index < -0.39 is 0 Å². The van der Waals surface area contributed by atoms with Gasteiger partial charge < -0.3 is 4.90 Å². The Morgan fingerprint density at radius 2 is 2.18 bits per heavy atom. The van der Waals surface area contributed by atoms with Crippen LogP contribution < -0.4 is 0 Å². The number of amides is 1. The van der Waals surface area contributed by atoms with Crippen molar-refractivity contribution in [3.8, 4) is 0 Å². The summed E-state index contributed by atoms with van der Waals surface area (Å²) >= 11 is 3.37. The Balaban J connectivity index is 1.46. The van der Waals surface area contributed by atoms with E-state index in [-0.39, 0.29) is 5.91 Å². The molecule has 2 aromatic rings. The zero-order valence-electron chi connectivity index (χ0n) is 12.6. The summed E-state index contributed by atoms with van der Waals surface area (Å²) in [5.41, 5.74) is 2.35. The zero-order chi connectivity index (χ0) is 15.1. The lowest BCUT2D eigenvalue weighted by molar-refractivity contribution is 0.0727. The van der Waals surface area contributed by atoms with E-state index in [0.29, 0.717) is 17.8 Å². The smallest absolute Gasteiger partial charge is 0.273 e. The van der Waals surface area contributed by atoms with Gasteiger partial charge in [0.1, 0.15) is 5.69 Å². The first-order valence-electron chi connectivity index (χ1n) is 7.71. The Bertz CT molecular complexity index is 667. The summed E-state index contributed by atoms with van der Waals surface area (Å²) in [5.74, 6) is 0.113. The minimum atomic E-state index is 0.113. The Morgan fingerprint density at radius 3 is 2.91 bits per heavy atom. The SMILES string of the molecule is Cc1ccc(CN2CC[C@H]3[C@H]2CCN3C(=O)c2cscn2)s1. The number of aryl methyl sites for hydroxylation is 1. The van der Waals surface area contributed by atoms with Gasteiger partial charge in [0.2, 0.25) is 0 Å². The quantitative estimate of drug-likeness (QED) is 0.866. The van der Waals surface area contributed by atoms with Gasteiger partial charge in [-0.25, -0.2) is 4.98 Å². The van der Waals surface area contributed by atoms with Crippen molar-refractivity contribution in [2.75, 3.05) is 13.1 Å². The molecule has 0 aromatic carbocycles. The van der Waals surface area contributed by atoms with Crippen LogP contribution in [-0.2, 0) is 6.54 Å². The van der Waals surface area contributed by atoms with E-state index in [4.69, 9.17) is 0 Å². The second-order valence-electron chi connectivity index (χ2n) is 6.07. The number of aromatic nitrogens is 1. The Morgan fingerprint density at radius 1 is 1.32 bits per heavy atom. The number of likely N-dealkylation sites (tertiary alicyclic amines) is 2. The number of thiazole rings is 1. The molecule has 2 saturated heterocycles. The molecule has 1 amide bonds. The van der Waals surface area contributed by atoms with Crippen LogP contribution in [0.2, 0.25) is 0 Å². The number of fused-ring (bicyclic) bond motifs is 1. The fraction of sp³-hybridized carbons (Fsp3) is 0.500. The molecule has 2 aromatic heterocycles. The van der Waals surface area contributed by atoms with E-state index >= 15 is 0 Å². The first-order chi connectivity index (χ1) is 10.7. The molecule has 22 heavy (non-hydrogen) atoms. The maximum Gasteiger partial charge on any atom is 0.273 e. The van der Waals surface area contributed by atoms with E-state index in [2.05, 4.69) is 33.8 Å². The largest absolute Gasteiger partial charge is 0.333 e. The van der Waals surface area contributed by atoms with Crippen molar-refractivity contribution >= 4 is 28.6 Å². The van der Waals surface area contributed by atoms with Crippen LogP contribution in [0.1, 0.15) is 33.1 Å². The van der Waals surface area contributed by atoms with Gasteiger partial charge in [0, 0.05) is 46.9 Å². The van der Waals surface area contributed by atoms with Crippen molar-refractivity contribution in [2.24, 2.45) is 0 Å². The van der Waals surface area contributed by atoms with E-state index in [9.17, 15) is 4.79 Å². The molecule has 0 saturated carbocycles. The van der Waals surface area contributed by atoms with Crippen LogP contribution in [0.3, 0.4) is 0 Å². The monoisotopic (exact) mass is 333 g/mol. The second kappa shape index (κ2) is 5.76. The van der Waals surface area contributed by atoms with Gasteiger partial charge in [-0.05, 0) is 31.9 Å². The first-order valence-corrected chi connectivity index (χ1v) is 9.47. The van der Waals surface area contributed by atoms with Crippen LogP contribution in [-0.4, -0.2) is 45.9 Å². The third kappa shape index (κ3) is 2.49. The van der Waals surface area contributed by atoms with Crippen LogP contribution in [0.15, 0.2) is 23.0 Å². The Labute approximate surface area is 138 Å². The molecule has 2 aliphatic rings. The number of rotatable bonds is 3. The topological polar surface area (TPSA) is 36.4 Å². The van der Waals surface area contributed by atoms with Crippen LogP contribution in [0.5, 0.6) is 0 Å². The maximum absolute atomic E-state index is 12.6. The molecule has 0 aliphatic carbocycles. The van der Waals surface area contributed by atoms with Crippen molar-refractivity contribution in [3.63, 3.8) is 0 Å². The molecule has 2 atom stereocenters. The summed E-state index contributed by atoms with van der Waals surface area (Å²) in [5, 5.41) is 1.86. The molecular formula is C16H19N3OS2. The lowest BCUT2D eigenvalue weighted by Crippen LogP contribution is -2.39. The van der Waals surface area contributed by atoms with Crippen LogP contribution in [0, 0.1) is 6.92 Å². The summed E-state index contributed by atoms with van der Waals surface area (Å²) in [4.78, 5) is 24.2. The Hall–Kier alpha value is -1.24. The van der Waals surface area contributed by atoms with Crippen molar-refractivity contribution in [1.29, 1.82) is 0 Å². The van der Waals surface area contributed by atoms with Crippen LogP contribution in [0.4, 0.5) is 0 Å². The second-order valence-corrected chi connectivity index (χ2v) is 8.16. The van der Waals surface area contributed by atoms with E-state index in [1.165, 1.54) is 21.1 Å². The van der Waals surface area contributed by atoms with E-state index in [1.54, 1.807) is 5.51 Å².